The third-order valence-corrected chi connectivity index (χ3v) is 4.46. The first-order valence-corrected chi connectivity index (χ1v) is 8.14. The summed E-state index contributed by atoms with van der Waals surface area (Å²) >= 11 is 2.11. The fourth-order valence-electron chi connectivity index (χ4n) is 2.23. The lowest BCUT2D eigenvalue weighted by Gasteiger charge is -2.25. The fraction of sp³-hybridized carbons (Fsp3) is 1.00. The highest BCUT2D eigenvalue weighted by Gasteiger charge is 2.19. The lowest BCUT2D eigenvalue weighted by atomic mass is 10.2. The second kappa shape index (κ2) is 7.57. The zero-order valence-corrected chi connectivity index (χ0v) is 11.2. The van der Waals surface area contributed by atoms with Crippen LogP contribution in [0.2, 0.25) is 0 Å². The number of hydrogen-bond acceptors (Lipinski definition) is 3. The molecule has 0 radical (unpaired) electrons. The summed E-state index contributed by atoms with van der Waals surface area (Å²) in [5.74, 6) is 2.70. The Labute approximate surface area is 105 Å². The first-order valence-electron chi connectivity index (χ1n) is 6.98. The quantitative estimate of drug-likeness (QED) is 0.658. The zero-order valence-electron chi connectivity index (χ0n) is 10.4. The maximum absolute atomic E-state index is 3.58. The molecule has 1 N–H and O–H groups in total. The second-order valence-corrected chi connectivity index (χ2v) is 6.32. The Balaban J connectivity index is 1.33. The van der Waals surface area contributed by atoms with Crippen molar-refractivity contribution >= 4 is 11.8 Å². The molecule has 2 rings (SSSR count). The predicted octanol–water partition coefficient (Wildman–Crippen LogP) is 2.35. The van der Waals surface area contributed by atoms with Crippen LogP contribution in [0.25, 0.3) is 0 Å². The number of unbranched alkanes of at least 4 members (excludes halogenated alkanes) is 3. The Morgan fingerprint density at radius 3 is 2.50 bits per heavy atom. The summed E-state index contributed by atoms with van der Waals surface area (Å²) in [6.07, 6.45) is 8.48. The van der Waals surface area contributed by atoms with Gasteiger partial charge in [-0.2, -0.15) is 11.8 Å². The van der Waals surface area contributed by atoms with Gasteiger partial charge in [-0.1, -0.05) is 12.8 Å². The van der Waals surface area contributed by atoms with Gasteiger partial charge in [-0.3, -0.25) is 0 Å². The number of hydrogen-bond donors (Lipinski definition) is 1. The molecule has 0 bridgehead atoms. The molecule has 1 aliphatic carbocycles. The standard InChI is InChI=1S/C13H26N2S/c1(3-7-14-13-5-6-13)2-4-8-15-9-11-16-12-10-15/h13-14H,1-12H2. The van der Waals surface area contributed by atoms with Crippen molar-refractivity contribution in [2.75, 3.05) is 37.7 Å². The van der Waals surface area contributed by atoms with Crippen LogP contribution in [0.15, 0.2) is 0 Å². The smallest absolute Gasteiger partial charge is 0.00727 e. The molecule has 1 heterocycles. The first-order chi connectivity index (χ1) is 7.95. The summed E-state index contributed by atoms with van der Waals surface area (Å²) in [5.41, 5.74) is 0. The van der Waals surface area contributed by atoms with Crippen molar-refractivity contribution in [3.8, 4) is 0 Å². The summed E-state index contributed by atoms with van der Waals surface area (Å²) in [4.78, 5) is 2.64. The highest BCUT2D eigenvalue weighted by Crippen LogP contribution is 2.18. The number of nitrogens with zero attached hydrogens (tertiary/aromatic N) is 1. The molecule has 0 unspecified atom stereocenters. The molecule has 0 aromatic rings. The monoisotopic (exact) mass is 242 g/mol. The predicted molar refractivity (Wildman–Crippen MR) is 73.3 cm³/mol. The molecule has 94 valence electrons. The van der Waals surface area contributed by atoms with Crippen LogP contribution in [0, 0.1) is 0 Å². The lowest BCUT2D eigenvalue weighted by Crippen LogP contribution is -2.33. The first kappa shape index (κ1) is 12.7. The van der Waals surface area contributed by atoms with Crippen molar-refractivity contribution in [3.63, 3.8) is 0 Å². The Bertz CT molecular complexity index is 177. The van der Waals surface area contributed by atoms with Crippen molar-refractivity contribution in [3.05, 3.63) is 0 Å². The van der Waals surface area contributed by atoms with Crippen molar-refractivity contribution in [2.24, 2.45) is 0 Å². The molecule has 0 atom stereocenters. The van der Waals surface area contributed by atoms with Gasteiger partial charge in [0.15, 0.2) is 0 Å². The van der Waals surface area contributed by atoms with E-state index >= 15 is 0 Å². The maximum atomic E-state index is 3.58. The van der Waals surface area contributed by atoms with Gasteiger partial charge in [0, 0.05) is 30.6 Å². The summed E-state index contributed by atoms with van der Waals surface area (Å²) in [6.45, 7) is 5.25. The topological polar surface area (TPSA) is 15.3 Å². The van der Waals surface area contributed by atoms with Crippen molar-refractivity contribution in [2.45, 2.75) is 44.6 Å². The van der Waals surface area contributed by atoms with Gasteiger partial charge in [-0.15, -0.1) is 0 Å². The summed E-state index contributed by atoms with van der Waals surface area (Å²) < 4.78 is 0. The SMILES string of the molecule is C(CCCN1CCSCC1)CCNC1CC1. The minimum atomic E-state index is 0.894. The van der Waals surface area contributed by atoms with Crippen LogP contribution in [0.1, 0.15) is 38.5 Å². The van der Waals surface area contributed by atoms with E-state index in [0.717, 1.165) is 6.04 Å². The van der Waals surface area contributed by atoms with E-state index in [2.05, 4.69) is 22.0 Å². The molecular weight excluding hydrogens is 216 g/mol. The Kier molecular flexibility index (Phi) is 6.02. The van der Waals surface area contributed by atoms with Gasteiger partial charge in [-0.05, 0) is 38.8 Å². The van der Waals surface area contributed by atoms with Crippen molar-refractivity contribution in [1.82, 2.24) is 10.2 Å². The fourth-order valence-corrected chi connectivity index (χ4v) is 3.21. The number of thioether (sulfide) groups is 1. The number of nitrogens with one attached hydrogen (secondary N) is 1. The van der Waals surface area contributed by atoms with E-state index < -0.39 is 0 Å². The largest absolute Gasteiger partial charge is 0.314 e. The third-order valence-electron chi connectivity index (χ3n) is 3.52. The van der Waals surface area contributed by atoms with E-state index in [9.17, 15) is 0 Å². The molecule has 2 nitrogen and oxygen atoms in total. The average Bonchev–Trinajstić information content (AvgIpc) is 3.13. The molecule has 0 aromatic heterocycles. The van der Waals surface area contributed by atoms with Crippen LogP contribution in [-0.4, -0.2) is 48.6 Å². The van der Waals surface area contributed by atoms with Gasteiger partial charge < -0.3 is 10.2 Å². The molecule has 0 spiro atoms. The van der Waals surface area contributed by atoms with Gasteiger partial charge in [0.05, 0.1) is 0 Å². The van der Waals surface area contributed by atoms with E-state index in [1.54, 1.807) is 0 Å². The molecule has 1 aliphatic heterocycles. The summed E-state index contributed by atoms with van der Waals surface area (Å²) in [5, 5.41) is 3.58. The van der Waals surface area contributed by atoms with E-state index in [0.29, 0.717) is 0 Å². The van der Waals surface area contributed by atoms with Gasteiger partial charge >= 0.3 is 0 Å². The minimum Gasteiger partial charge on any atom is -0.314 e. The zero-order chi connectivity index (χ0) is 11.1. The van der Waals surface area contributed by atoms with E-state index in [1.165, 1.54) is 76.2 Å². The highest BCUT2D eigenvalue weighted by atomic mass is 32.2. The van der Waals surface area contributed by atoms with Crippen LogP contribution in [0.5, 0.6) is 0 Å². The molecule has 0 aromatic carbocycles. The molecule has 1 saturated carbocycles. The molecule has 2 aliphatic rings. The van der Waals surface area contributed by atoms with Crippen LogP contribution in [-0.2, 0) is 0 Å². The van der Waals surface area contributed by atoms with Crippen molar-refractivity contribution in [1.29, 1.82) is 0 Å². The van der Waals surface area contributed by atoms with E-state index in [-0.39, 0.29) is 0 Å². The Morgan fingerprint density at radius 2 is 1.75 bits per heavy atom. The van der Waals surface area contributed by atoms with Gasteiger partial charge in [0.25, 0.3) is 0 Å². The van der Waals surface area contributed by atoms with Crippen molar-refractivity contribution < 1.29 is 0 Å². The summed E-state index contributed by atoms with van der Waals surface area (Å²) in [6, 6.07) is 0.894. The molecule has 3 heteroatoms. The van der Waals surface area contributed by atoms with Crippen LogP contribution in [0.3, 0.4) is 0 Å². The Hall–Kier alpha value is 0.270. The van der Waals surface area contributed by atoms with Crippen LogP contribution in [0.4, 0.5) is 0 Å². The van der Waals surface area contributed by atoms with Gasteiger partial charge in [0.1, 0.15) is 0 Å². The molecular formula is C13H26N2S. The van der Waals surface area contributed by atoms with E-state index in [4.69, 9.17) is 0 Å². The average molecular weight is 242 g/mol. The molecule has 0 amide bonds. The van der Waals surface area contributed by atoms with Crippen LogP contribution >= 0.6 is 11.8 Å². The molecule has 1 saturated heterocycles. The Morgan fingerprint density at radius 1 is 1.00 bits per heavy atom. The lowest BCUT2D eigenvalue weighted by molar-refractivity contribution is 0.294. The van der Waals surface area contributed by atoms with Gasteiger partial charge in [0.2, 0.25) is 0 Å². The molecule has 16 heavy (non-hydrogen) atoms. The highest BCUT2D eigenvalue weighted by molar-refractivity contribution is 7.99. The summed E-state index contributed by atoms with van der Waals surface area (Å²) in [7, 11) is 0. The van der Waals surface area contributed by atoms with E-state index in [1.807, 2.05) is 0 Å². The maximum Gasteiger partial charge on any atom is 0.00727 e. The minimum absolute atomic E-state index is 0.894. The molecule has 2 fully saturated rings. The normalized spacial score (nSPS) is 22.5. The second-order valence-electron chi connectivity index (χ2n) is 5.10. The third kappa shape index (κ3) is 5.55. The van der Waals surface area contributed by atoms with Gasteiger partial charge in [-0.25, -0.2) is 0 Å². The number of rotatable bonds is 8. The van der Waals surface area contributed by atoms with Crippen LogP contribution < -0.4 is 5.32 Å².